The Morgan fingerprint density at radius 1 is 1.24 bits per heavy atom. The molecule has 0 saturated carbocycles. The van der Waals surface area contributed by atoms with Crippen LogP contribution in [0.4, 0.5) is 0 Å². The summed E-state index contributed by atoms with van der Waals surface area (Å²) in [5.74, 6) is 0. The maximum atomic E-state index is 9.35. The lowest BCUT2D eigenvalue weighted by atomic mass is 9.95. The number of likely N-dealkylation sites (N-methyl/N-ethyl adjacent to an activating group) is 1. The maximum Gasteiger partial charge on any atom is 0.0969 e. The molecule has 2 nitrogen and oxygen atoms in total. The molecule has 1 aliphatic carbocycles. The van der Waals surface area contributed by atoms with E-state index >= 15 is 0 Å². The zero-order chi connectivity index (χ0) is 17.8. The highest BCUT2D eigenvalue weighted by Gasteiger charge is 2.22. The van der Waals surface area contributed by atoms with Crippen molar-refractivity contribution in [3.8, 4) is 6.07 Å². The summed E-state index contributed by atoms with van der Waals surface area (Å²) in [5.41, 5.74) is 8.49. The van der Waals surface area contributed by atoms with Crippen LogP contribution < -0.4 is 0 Å². The predicted molar refractivity (Wildman–Crippen MR) is 105 cm³/mol. The molecule has 0 N–H and O–H groups in total. The lowest BCUT2D eigenvalue weighted by Crippen LogP contribution is -2.30. The van der Waals surface area contributed by atoms with Gasteiger partial charge in [-0.1, -0.05) is 37.6 Å². The van der Waals surface area contributed by atoms with E-state index in [-0.39, 0.29) is 6.04 Å². The van der Waals surface area contributed by atoms with Gasteiger partial charge in [0, 0.05) is 7.05 Å². The van der Waals surface area contributed by atoms with E-state index in [1.54, 1.807) is 11.1 Å². The summed E-state index contributed by atoms with van der Waals surface area (Å²) in [7, 11) is 2.07. The SMILES string of the molecule is CCC1=C(CCCC2C(C#N)=CC=CN2C)Cc2ccc(CC)cc21. The average Bonchev–Trinajstić information content (AvgIpc) is 2.99. The summed E-state index contributed by atoms with van der Waals surface area (Å²) < 4.78 is 0. The van der Waals surface area contributed by atoms with E-state index in [0.29, 0.717) is 0 Å². The van der Waals surface area contributed by atoms with Gasteiger partial charge in [-0.15, -0.1) is 0 Å². The van der Waals surface area contributed by atoms with Crippen LogP contribution in [0.25, 0.3) is 5.57 Å². The minimum absolute atomic E-state index is 0.233. The molecule has 0 bridgehead atoms. The lowest BCUT2D eigenvalue weighted by Gasteiger charge is -2.28. The van der Waals surface area contributed by atoms with Crippen molar-refractivity contribution in [2.45, 2.75) is 58.4 Å². The first-order chi connectivity index (χ1) is 12.2. The lowest BCUT2D eigenvalue weighted by molar-refractivity contribution is 0.346. The second-order valence-electron chi connectivity index (χ2n) is 7.11. The van der Waals surface area contributed by atoms with E-state index in [4.69, 9.17) is 0 Å². The summed E-state index contributed by atoms with van der Waals surface area (Å²) in [4.78, 5) is 2.17. The molecule has 2 heteroatoms. The topological polar surface area (TPSA) is 27.0 Å². The molecule has 25 heavy (non-hydrogen) atoms. The van der Waals surface area contributed by atoms with Crippen LogP contribution in [-0.2, 0) is 12.8 Å². The molecule has 3 rings (SSSR count). The largest absolute Gasteiger partial charge is 0.373 e. The van der Waals surface area contributed by atoms with Crippen LogP contribution in [-0.4, -0.2) is 18.0 Å². The fraction of sp³-hybridized carbons (Fsp3) is 0.435. The second-order valence-corrected chi connectivity index (χ2v) is 7.11. The number of allylic oxidation sites excluding steroid dienone is 4. The summed E-state index contributed by atoms with van der Waals surface area (Å²) in [6.07, 6.45) is 12.6. The minimum Gasteiger partial charge on any atom is -0.373 e. The smallest absolute Gasteiger partial charge is 0.0969 e. The Kier molecular flexibility index (Phi) is 5.43. The van der Waals surface area contributed by atoms with Gasteiger partial charge in [0.15, 0.2) is 0 Å². The highest BCUT2D eigenvalue weighted by atomic mass is 15.1. The molecule has 1 aromatic rings. The molecular weight excluding hydrogens is 304 g/mol. The standard InChI is InChI=1S/C23H28N2/c1-4-17-11-12-19-15-18(21(5-2)22(19)14-17)8-6-10-23-20(16-24)9-7-13-25(23)3/h7,9,11-14,23H,4-6,8,10,15H2,1-3H3. The van der Waals surface area contributed by atoms with Crippen LogP contribution in [0.15, 0.2) is 47.7 Å². The number of hydrogen-bond acceptors (Lipinski definition) is 2. The highest BCUT2D eigenvalue weighted by molar-refractivity contribution is 5.76. The van der Waals surface area contributed by atoms with E-state index < -0.39 is 0 Å². The van der Waals surface area contributed by atoms with Crippen LogP contribution >= 0.6 is 0 Å². The van der Waals surface area contributed by atoms with Gasteiger partial charge in [-0.2, -0.15) is 5.26 Å². The third-order valence-corrected chi connectivity index (χ3v) is 5.62. The van der Waals surface area contributed by atoms with E-state index in [0.717, 1.165) is 44.1 Å². The Hall–Kier alpha value is -2.27. The van der Waals surface area contributed by atoms with Gasteiger partial charge in [-0.05, 0) is 79.1 Å². The van der Waals surface area contributed by atoms with Gasteiger partial charge >= 0.3 is 0 Å². The van der Waals surface area contributed by atoms with Crippen molar-refractivity contribution in [1.82, 2.24) is 4.90 Å². The maximum absolute atomic E-state index is 9.35. The monoisotopic (exact) mass is 332 g/mol. The molecule has 1 unspecified atom stereocenters. The Morgan fingerprint density at radius 3 is 2.80 bits per heavy atom. The van der Waals surface area contributed by atoms with Gasteiger partial charge in [-0.25, -0.2) is 0 Å². The molecule has 1 aliphatic heterocycles. The normalized spacial score (nSPS) is 19.0. The number of nitriles is 1. The van der Waals surface area contributed by atoms with Crippen LogP contribution in [0, 0.1) is 11.3 Å². The molecule has 0 radical (unpaired) electrons. The molecule has 0 aromatic heterocycles. The second kappa shape index (κ2) is 7.74. The number of fused-ring (bicyclic) bond motifs is 1. The van der Waals surface area contributed by atoms with E-state index in [1.807, 2.05) is 12.2 Å². The fourth-order valence-corrected chi connectivity index (χ4v) is 4.18. The van der Waals surface area contributed by atoms with Gasteiger partial charge in [0.05, 0.1) is 17.7 Å². The van der Waals surface area contributed by atoms with E-state index in [1.165, 1.54) is 16.7 Å². The average molecular weight is 332 g/mol. The summed E-state index contributed by atoms with van der Waals surface area (Å²) in [5, 5.41) is 9.35. The van der Waals surface area contributed by atoms with Gasteiger partial charge in [0.1, 0.15) is 0 Å². The Labute approximate surface area is 152 Å². The van der Waals surface area contributed by atoms with Crippen molar-refractivity contribution in [2.75, 3.05) is 7.05 Å². The number of benzene rings is 1. The van der Waals surface area contributed by atoms with Gasteiger partial charge in [-0.3, -0.25) is 0 Å². The number of aryl methyl sites for hydroxylation is 1. The Morgan fingerprint density at radius 2 is 2.08 bits per heavy atom. The van der Waals surface area contributed by atoms with Crippen molar-refractivity contribution < 1.29 is 0 Å². The fourth-order valence-electron chi connectivity index (χ4n) is 4.18. The van der Waals surface area contributed by atoms with Crippen molar-refractivity contribution in [3.05, 3.63) is 64.4 Å². The van der Waals surface area contributed by atoms with Crippen LogP contribution in [0.3, 0.4) is 0 Å². The molecule has 0 saturated heterocycles. The van der Waals surface area contributed by atoms with E-state index in [2.05, 4.69) is 56.3 Å². The van der Waals surface area contributed by atoms with Gasteiger partial charge in [0.25, 0.3) is 0 Å². The molecule has 1 aromatic carbocycles. The molecule has 0 amide bonds. The third-order valence-electron chi connectivity index (χ3n) is 5.62. The van der Waals surface area contributed by atoms with Crippen LogP contribution in [0.2, 0.25) is 0 Å². The Balaban J connectivity index is 1.68. The molecule has 1 heterocycles. The van der Waals surface area contributed by atoms with Crippen molar-refractivity contribution in [2.24, 2.45) is 0 Å². The molecule has 2 aliphatic rings. The number of rotatable bonds is 6. The molecular formula is C23H28N2. The summed E-state index contributed by atoms with van der Waals surface area (Å²) in [6.45, 7) is 4.50. The Bertz CT molecular complexity index is 774. The quantitative estimate of drug-likeness (QED) is 0.696. The van der Waals surface area contributed by atoms with Crippen molar-refractivity contribution in [1.29, 1.82) is 5.26 Å². The third kappa shape index (κ3) is 3.56. The first kappa shape index (κ1) is 17.5. The molecule has 0 fully saturated rings. The van der Waals surface area contributed by atoms with Gasteiger partial charge < -0.3 is 4.90 Å². The van der Waals surface area contributed by atoms with Crippen molar-refractivity contribution in [3.63, 3.8) is 0 Å². The van der Waals surface area contributed by atoms with Gasteiger partial charge in [0.2, 0.25) is 0 Å². The number of nitrogens with zero attached hydrogens (tertiary/aromatic N) is 2. The van der Waals surface area contributed by atoms with Crippen LogP contribution in [0.5, 0.6) is 0 Å². The first-order valence-electron chi connectivity index (χ1n) is 9.51. The first-order valence-corrected chi connectivity index (χ1v) is 9.51. The minimum atomic E-state index is 0.233. The van der Waals surface area contributed by atoms with Crippen LogP contribution in [0.1, 0.15) is 56.2 Å². The molecule has 0 spiro atoms. The van der Waals surface area contributed by atoms with E-state index in [9.17, 15) is 5.26 Å². The van der Waals surface area contributed by atoms with Crippen molar-refractivity contribution >= 4 is 5.57 Å². The summed E-state index contributed by atoms with van der Waals surface area (Å²) >= 11 is 0. The summed E-state index contributed by atoms with van der Waals surface area (Å²) in [6, 6.07) is 9.61. The zero-order valence-electron chi connectivity index (χ0n) is 15.7. The number of hydrogen-bond donors (Lipinski definition) is 0. The molecule has 130 valence electrons. The molecule has 1 atom stereocenters. The predicted octanol–water partition coefficient (Wildman–Crippen LogP) is 5.42. The highest BCUT2D eigenvalue weighted by Crippen LogP contribution is 2.38. The zero-order valence-corrected chi connectivity index (χ0v) is 15.7.